The van der Waals surface area contributed by atoms with Crippen LogP contribution in [0.25, 0.3) is 0 Å². The predicted molar refractivity (Wildman–Crippen MR) is 60.8 cm³/mol. The van der Waals surface area contributed by atoms with E-state index in [4.69, 9.17) is 5.26 Å². The number of aryl methyl sites for hydroxylation is 1. The van der Waals surface area contributed by atoms with Crippen LogP contribution in [0.2, 0.25) is 0 Å². The highest BCUT2D eigenvalue weighted by Gasteiger charge is 2.06. The average molecular weight is 214 g/mol. The van der Waals surface area contributed by atoms with Crippen LogP contribution in [0.15, 0.2) is 30.3 Å². The summed E-state index contributed by atoms with van der Waals surface area (Å²) in [4.78, 5) is 5.10. The molecule has 1 heterocycles. The SMILES string of the molecule is Cc1nc(Cc2ccccc2)sc1C#N. The van der Waals surface area contributed by atoms with E-state index in [0.717, 1.165) is 22.0 Å². The molecule has 2 aromatic rings. The Labute approximate surface area is 92.8 Å². The maximum atomic E-state index is 8.82. The van der Waals surface area contributed by atoms with Gasteiger partial charge in [-0.3, -0.25) is 0 Å². The maximum Gasteiger partial charge on any atom is 0.127 e. The fourth-order valence-corrected chi connectivity index (χ4v) is 2.30. The van der Waals surface area contributed by atoms with E-state index in [0.29, 0.717) is 0 Å². The summed E-state index contributed by atoms with van der Waals surface area (Å²) in [6.45, 7) is 1.88. The third-order valence-electron chi connectivity index (χ3n) is 2.14. The van der Waals surface area contributed by atoms with Crippen molar-refractivity contribution in [2.24, 2.45) is 0 Å². The Morgan fingerprint density at radius 2 is 2.07 bits per heavy atom. The summed E-state index contributed by atoms with van der Waals surface area (Å²) in [5.41, 5.74) is 2.07. The average Bonchev–Trinajstić information content (AvgIpc) is 2.60. The minimum atomic E-state index is 0.723. The summed E-state index contributed by atoms with van der Waals surface area (Å²) in [5, 5.41) is 9.83. The van der Waals surface area contributed by atoms with Crippen LogP contribution in [-0.2, 0) is 6.42 Å². The van der Waals surface area contributed by atoms with Gasteiger partial charge >= 0.3 is 0 Å². The summed E-state index contributed by atoms with van der Waals surface area (Å²) >= 11 is 1.48. The van der Waals surface area contributed by atoms with E-state index >= 15 is 0 Å². The fourth-order valence-electron chi connectivity index (χ4n) is 1.40. The Hall–Kier alpha value is -1.66. The first-order chi connectivity index (χ1) is 7.29. The van der Waals surface area contributed by atoms with E-state index in [1.54, 1.807) is 0 Å². The van der Waals surface area contributed by atoms with Gasteiger partial charge in [0.1, 0.15) is 10.9 Å². The topological polar surface area (TPSA) is 36.7 Å². The van der Waals surface area contributed by atoms with Gasteiger partial charge in [-0.2, -0.15) is 5.26 Å². The monoisotopic (exact) mass is 214 g/mol. The molecule has 1 aromatic carbocycles. The Balaban J connectivity index is 2.23. The van der Waals surface area contributed by atoms with Crippen LogP contribution in [0.4, 0.5) is 0 Å². The molecule has 0 aliphatic carbocycles. The molecule has 0 fully saturated rings. The number of thiazole rings is 1. The van der Waals surface area contributed by atoms with Crippen molar-refractivity contribution in [2.75, 3.05) is 0 Å². The molecule has 0 spiro atoms. The smallest absolute Gasteiger partial charge is 0.127 e. The van der Waals surface area contributed by atoms with E-state index in [1.807, 2.05) is 25.1 Å². The number of benzene rings is 1. The molecule has 2 rings (SSSR count). The van der Waals surface area contributed by atoms with Crippen LogP contribution in [0, 0.1) is 18.3 Å². The third kappa shape index (κ3) is 2.23. The van der Waals surface area contributed by atoms with Gasteiger partial charge in [0.25, 0.3) is 0 Å². The molecule has 0 amide bonds. The molecule has 3 heteroatoms. The summed E-state index contributed by atoms with van der Waals surface area (Å²) < 4.78 is 0. The van der Waals surface area contributed by atoms with Crippen molar-refractivity contribution in [2.45, 2.75) is 13.3 Å². The van der Waals surface area contributed by atoms with E-state index in [1.165, 1.54) is 16.9 Å². The lowest BCUT2D eigenvalue weighted by atomic mass is 10.2. The standard InChI is InChI=1S/C12H10N2S/c1-9-11(8-13)15-12(14-9)7-10-5-3-2-4-6-10/h2-6H,7H2,1H3. The highest BCUT2D eigenvalue weighted by atomic mass is 32.1. The van der Waals surface area contributed by atoms with Gasteiger partial charge in [0.05, 0.1) is 10.7 Å². The Morgan fingerprint density at radius 3 is 2.67 bits per heavy atom. The number of rotatable bonds is 2. The van der Waals surface area contributed by atoms with Crippen molar-refractivity contribution in [1.82, 2.24) is 4.98 Å². The zero-order valence-corrected chi connectivity index (χ0v) is 9.21. The summed E-state index contributed by atoms with van der Waals surface area (Å²) in [7, 11) is 0. The number of nitrogens with zero attached hydrogens (tertiary/aromatic N) is 2. The second-order valence-corrected chi connectivity index (χ2v) is 4.38. The minimum absolute atomic E-state index is 0.723. The number of hydrogen-bond donors (Lipinski definition) is 0. The molecule has 2 nitrogen and oxygen atoms in total. The molecule has 0 radical (unpaired) electrons. The van der Waals surface area contributed by atoms with E-state index in [-0.39, 0.29) is 0 Å². The lowest BCUT2D eigenvalue weighted by Gasteiger charge is -1.95. The first-order valence-electron chi connectivity index (χ1n) is 4.70. The molecule has 0 bridgehead atoms. The third-order valence-corrected chi connectivity index (χ3v) is 3.20. The Kier molecular flexibility index (Phi) is 2.79. The maximum absolute atomic E-state index is 8.82. The summed E-state index contributed by atoms with van der Waals surface area (Å²) in [6.07, 6.45) is 0.814. The molecule has 74 valence electrons. The molecule has 1 aromatic heterocycles. The number of nitriles is 1. The minimum Gasteiger partial charge on any atom is -0.245 e. The van der Waals surface area contributed by atoms with Crippen molar-refractivity contribution in [1.29, 1.82) is 5.26 Å². The predicted octanol–water partition coefficient (Wildman–Crippen LogP) is 2.91. The summed E-state index contributed by atoms with van der Waals surface area (Å²) in [6, 6.07) is 12.3. The zero-order valence-electron chi connectivity index (χ0n) is 8.40. The van der Waals surface area contributed by atoms with Crippen molar-refractivity contribution in [3.63, 3.8) is 0 Å². The van der Waals surface area contributed by atoms with Crippen LogP contribution in [-0.4, -0.2) is 4.98 Å². The van der Waals surface area contributed by atoms with Crippen LogP contribution in [0.3, 0.4) is 0 Å². The van der Waals surface area contributed by atoms with E-state index in [9.17, 15) is 0 Å². The van der Waals surface area contributed by atoms with Gasteiger partial charge in [0.15, 0.2) is 0 Å². The van der Waals surface area contributed by atoms with Gasteiger partial charge < -0.3 is 0 Å². The Bertz CT molecular complexity index is 494. The molecule has 0 unspecified atom stereocenters. The van der Waals surface area contributed by atoms with Crippen molar-refractivity contribution < 1.29 is 0 Å². The van der Waals surface area contributed by atoms with E-state index in [2.05, 4.69) is 23.2 Å². The largest absolute Gasteiger partial charge is 0.245 e. The lowest BCUT2D eigenvalue weighted by molar-refractivity contribution is 1.10. The molecule has 15 heavy (non-hydrogen) atoms. The van der Waals surface area contributed by atoms with Gasteiger partial charge in [-0.1, -0.05) is 30.3 Å². The zero-order chi connectivity index (χ0) is 10.7. The van der Waals surface area contributed by atoms with Crippen molar-refractivity contribution in [3.8, 4) is 6.07 Å². The molecule has 0 saturated carbocycles. The molecule has 0 aliphatic rings. The molecular weight excluding hydrogens is 204 g/mol. The van der Waals surface area contributed by atoms with Gasteiger partial charge in [-0.15, -0.1) is 11.3 Å². The molecule has 0 N–H and O–H groups in total. The fraction of sp³-hybridized carbons (Fsp3) is 0.167. The molecule has 0 atom stereocenters. The van der Waals surface area contributed by atoms with Gasteiger partial charge in [0, 0.05) is 6.42 Å². The second kappa shape index (κ2) is 4.24. The lowest BCUT2D eigenvalue weighted by Crippen LogP contribution is -1.86. The molecule has 0 saturated heterocycles. The quantitative estimate of drug-likeness (QED) is 0.770. The van der Waals surface area contributed by atoms with Crippen molar-refractivity contribution >= 4 is 11.3 Å². The van der Waals surface area contributed by atoms with Crippen LogP contribution >= 0.6 is 11.3 Å². The van der Waals surface area contributed by atoms with Crippen LogP contribution < -0.4 is 0 Å². The molecular formula is C12H10N2S. The highest BCUT2D eigenvalue weighted by molar-refractivity contribution is 7.12. The molecule has 0 aliphatic heterocycles. The number of aromatic nitrogens is 1. The van der Waals surface area contributed by atoms with Crippen molar-refractivity contribution in [3.05, 3.63) is 51.5 Å². The highest BCUT2D eigenvalue weighted by Crippen LogP contribution is 2.19. The van der Waals surface area contributed by atoms with Gasteiger partial charge in [-0.05, 0) is 12.5 Å². The van der Waals surface area contributed by atoms with E-state index < -0.39 is 0 Å². The Morgan fingerprint density at radius 1 is 1.33 bits per heavy atom. The second-order valence-electron chi connectivity index (χ2n) is 3.30. The van der Waals surface area contributed by atoms with Crippen LogP contribution in [0.5, 0.6) is 0 Å². The first-order valence-corrected chi connectivity index (χ1v) is 5.51. The normalized spacial score (nSPS) is 9.87. The first kappa shape index (κ1) is 9.88. The van der Waals surface area contributed by atoms with Gasteiger partial charge in [0.2, 0.25) is 0 Å². The summed E-state index contributed by atoms with van der Waals surface area (Å²) in [5.74, 6) is 0. The number of hydrogen-bond acceptors (Lipinski definition) is 3. The van der Waals surface area contributed by atoms with Gasteiger partial charge in [-0.25, -0.2) is 4.98 Å². The van der Waals surface area contributed by atoms with Crippen LogP contribution in [0.1, 0.15) is 21.1 Å².